The molecule has 0 unspecified atom stereocenters. The van der Waals surface area contributed by atoms with E-state index in [0.717, 1.165) is 0 Å². The van der Waals surface area contributed by atoms with Gasteiger partial charge in [0.05, 0.1) is 12.5 Å². The predicted molar refractivity (Wildman–Crippen MR) is 73.6 cm³/mol. The molecule has 2 atom stereocenters. The molecule has 0 aromatic heterocycles. The van der Waals surface area contributed by atoms with Crippen molar-refractivity contribution in [2.45, 2.75) is 30.0 Å². The van der Waals surface area contributed by atoms with Gasteiger partial charge in [-0.3, -0.25) is 10.1 Å². The van der Waals surface area contributed by atoms with Crippen molar-refractivity contribution < 1.29 is 19.7 Å². The van der Waals surface area contributed by atoms with Gasteiger partial charge in [0, 0.05) is 16.4 Å². The van der Waals surface area contributed by atoms with Gasteiger partial charge in [-0.25, -0.2) is 0 Å². The van der Waals surface area contributed by atoms with Crippen LogP contribution in [0.5, 0.6) is 11.5 Å². The molecule has 5 nitrogen and oxygen atoms in total. The van der Waals surface area contributed by atoms with E-state index in [1.807, 2.05) is 13.8 Å². The largest absolute Gasteiger partial charge is 0.507 e. The number of nitrogens with one attached hydrogen (secondary N) is 1. The van der Waals surface area contributed by atoms with Gasteiger partial charge < -0.3 is 14.9 Å². The fraction of sp³-hybridized carbons (Fsp3) is 0.462. The first-order chi connectivity index (χ1) is 8.85. The Balaban J connectivity index is 2.27. The number of thioether (sulfide) groups is 1. The molecule has 0 bridgehead atoms. The lowest BCUT2D eigenvalue weighted by atomic mass is 10.0. The van der Waals surface area contributed by atoms with Crippen LogP contribution in [0.3, 0.4) is 0 Å². The van der Waals surface area contributed by atoms with Gasteiger partial charge in [0.25, 0.3) is 0 Å². The molecule has 6 heteroatoms. The second kappa shape index (κ2) is 4.94. The molecule has 0 radical (unpaired) electrons. The number of carboxylic acids is 1. The SMILES string of the molecule is COc1ccc([C@H]2N[C@@H](C(=O)O)C(C)(C)S2)c(O)c1. The fourth-order valence-electron chi connectivity index (χ4n) is 2.15. The molecule has 1 fully saturated rings. The van der Waals surface area contributed by atoms with Crippen molar-refractivity contribution in [2.24, 2.45) is 0 Å². The molecule has 104 valence electrons. The maximum absolute atomic E-state index is 11.2. The Kier molecular flexibility index (Phi) is 3.64. The normalized spacial score (nSPS) is 25.2. The third-order valence-corrected chi connectivity index (χ3v) is 4.67. The monoisotopic (exact) mass is 283 g/mol. The number of rotatable bonds is 3. The molecule has 19 heavy (non-hydrogen) atoms. The molecule has 1 aliphatic heterocycles. The second-order valence-electron chi connectivity index (χ2n) is 4.96. The van der Waals surface area contributed by atoms with E-state index < -0.39 is 16.8 Å². The lowest BCUT2D eigenvalue weighted by Crippen LogP contribution is -2.43. The van der Waals surface area contributed by atoms with Gasteiger partial charge in [0.2, 0.25) is 0 Å². The highest BCUT2D eigenvalue weighted by Crippen LogP contribution is 2.48. The topological polar surface area (TPSA) is 78.8 Å². The first-order valence-electron chi connectivity index (χ1n) is 5.88. The summed E-state index contributed by atoms with van der Waals surface area (Å²) in [4.78, 5) is 11.2. The van der Waals surface area contributed by atoms with E-state index >= 15 is 0 Å². The summed E-state index contributed by atoms with van der Waals surface area (Å²) in [7, 11) is 1.53. The maximum Gasteiger partial charge on any atom is 0.322 e. The van der Waals surface area contributed by atoms with Crippen molar-refractivity contribution in [1.82, 2.24) is 5.32 Å². The average Bonchev–Trinajstić information content (AvgIpc) is 2.64. The second-order valence-corrected chi connectivity index (χ2v) is 6.72. The summed E-state index contributed by atoms with van der Waals surface area (Å²) < 4.78 is 4.59. The zero-order valence-electron chi connectivity index (χ0n) is 11.0. The smallest absolute Gasteiger partial charge is 0.322 e. The van der Waals surface area contributed by atoms with Crippen LogP contribution in [0, 0.1) is 0 Å². The van der Waals surface area contributed by atoms with E-state index in [9.17, 15) is 15.0 Å². The number of aromatic hydroxyl groups is 1. The standard InChI is InChI=1S/C13H17NO4S/c1-13(2)10(12(16)17)14-11(19-13)8-5-4-7(18-3)6-9(8)15/h4-6,10-11,14-15H,1-3H3,(H,16,17)/t10-,11-/m0/s1. The van der Waals surface area contributed by atoms with Gasteiger partial charge in [0.1, 0.15) is 17.5 Å². The van der Waals surface area contributed by atoms with Crippen LogP contribution in [0.2, 0.25) is 0 Å². The quantitative estimate of drug-likeness (QED) is 0.787. The molecule has 0 saturated carbocycles. The molecule has 1 aromatic rings. The van der Waals surface area contributed by atoms with Gasteiger partial charge in [-0.15, -0.1) is 11.8 Å². The minimum absolute atomic E-state index is 0.103. The average molecular weight is 283 g/mol. The molecular formula is C13H17NO4S. The molecule has 0 spiro atoms. The number of phenolic OH excluding ortho intramolecular Hbond substituents is 1. The third-order valence-electron chi connectivity index (χ3n) is 3.20. The van der Waals surface area contributed by atoms with Crippen LogP contribution in [0.1, 0.15) is 24.8 Å². The van der Waals surface area contributed by atoms with Crippen LogP contribution < -0.4 is 10.1 Å². The van der Waals surface area contributed by atoms with Gasteiger partial charge in [-0.2, -0.15) is 0 Å². The summed E-state index contributed by atoms with van der Waals surface area (Å²) >= 11 is 1.49. The Bertz CT molecular complexity index is 503. The summed E-state index contributed by atoms with van der Waals surface area (Å²) in [5.74, 6) is -0.211. The Morgan fingerprint density at radius 1 is 1.47 bits per heavy atom. The zero-order chi connectivity index (χ0) is 14.2. The molecule has 0 amide bonds. The molecule has 1 heterocycles. The summed E-state index contributed by atoms with van der Waals surface area (Å²) in [5.41, 5.74) is 0.669. The number of carbonyl (C=O) groups is 1. The van der Waals surface area contributed by atoms with Crippen molar-refractivity contribution in [3.63, 3.8) is 0 Å². The van der Waals surface area contributed by atoms with E-state index in [-0.39, 0.29) is 11.1 Å². The minimum atomic E-state index is -0.881. The number of ether oxygens (including phenoxy) is 1. The van der Waals surface area contributed by atoms with Crippen LogP contribution in [0.15, 0.2) is 18.2 Å². The highest BCUT2D eigenvalue weighted by molar-refractivity contribution is 8.01. The first-order valence-corrected chi connectivity index (χ1v) is 6.76. The maximum atomic E-state index is 11.2. The molecule has 1 saturated heterocycles. The highest BCUT2D eigenvalue weighted by atomic mass is 32.2. The van der Waals surface area contributed by atoms with Crippen LogP contribution in [-0.4, -0.2) is 34.1 Å². The molecule has 0 aliphatic carbocycles. The molecule has 3 N–H and O–H groups in total. The van der Waals surface area contributed by atoms with E-state index in [2.05, 4.69) is 5.32 Å². The zero-order valence-corrected chi connectivity index (χ0v) is 11.8. The van der Waals surface area contributed by atoms with Crippen LogP contribution >= 0.6 is 11.8 Å². The van der Waals surface area contributed by atoms with E-state index in [0.29, 0.717) is 11.3 Å². The van der Waals surface area contributed by atoms with Gasteiger partial charge >= 0.3 is 5.97 Å². The van der Waals surface area contributed by atoms with Gasteiger partial charge in [-0.1, -0.05) is 0 Å². The van der Waals surface area contributed by atoms with Crippen molar-refractivity contribution in [2.75, 3.05) is 7.11 Å². The number of phenols is 1. The summed E-state index contributed by atoms with van der Waals surface area (Å²) in [6, 6.07) is 4.37. The van der Waals surface area contributed by atoms with Crippen molar-refractivity contribution >= 4 is 17.7 Å². The van der Waals surface area contributed by atoms with Gasteiger partial charge in [-0.05, 0) is 26.0 Å². The lowest BCUT2D eigenvalue weighted by Gasteiger charge is -2.20. The number of hydrogen-bond acceptors (Lipinski definition) is 5. The Hall–Kier alpha value is -1.40. The number of aliphatic carboxylic acids is 1. The fourth-order valence-corrected chi connectivity index (χ4v) is 3.59. The van der Waals surface area contributed by atoms with E-state index in [1.165, 1.54) is 24.9 Å². The Morgan fingerprint density at radius 2 is 2.16 bits per heavy atom. The number of benzene rings is 1. The molecule has 2 rings (SSSR count). The van der Waals surface area contributed by atoms with Gasteiger partial charge in [0.15, 0.2) is 0 Å². The van der Waals surface area contributed by atoms with Crippen LogP contribution in [-0.2, 0) is 4.79 Å². The van der Waals surface area contributed by atoms with Crippen molar-refractivity contribution in [3.8, 4) is 11.5 Å². The summed E-state index contributed by atoms with van der Waals surface area (Å²) in [6.45, 7) is 3.76. The molecule has 1 aliphatic rings. The summed E-state index contributed by atoms with van der Waals surface area (Å²) in [5, 5.41) is 22.0. The van der Waals surface area contributed by atoms with Crippen LogP contribution in [0.4, 0.5) is 0 Å². The van der Waals surface area contributed by atoms with Crippen molar-refractivity contribution in [3.05, 3.63) is 23.8 Å². The lowest BCUT2D eigenvalue weighted by molar-refractivity contribution is -0.139. The minimum Gasteiger partial charge on any atom is -0.507 e. The van der Waals surface area contributed by atoms with E-state index in [1.54, 1.807) is 12.1 Å². The predicted octanol–water partition coefficient (Wildman–Crippen LogP) is 1.97. The first kappa shape index (κ1) is 14.0. The third kappa shape index (κ3) is 2.64. The van der Waals surface area contributed by atoms with E-state index in [4.69, 9.17) is 4.74 Å². The molecular weight excluding hydrogens is 266 g/mol. The summed E-state index contributed by atoms with van der Waals surface area (Å²) in [6.07, 6.45) is 0. The molecule has 1 aromatic carbocycles. The van der Waals surface area contributed by atoms with Crippen molar-refractivity contribution in [1.29, 1.82) is 0 Å². The highest BCUT2D eigenvalue weighted by Gasteiger charge is 2.46. The van der Waals surface area contributed by atoms with Crippen LogP contribution in [0.25, 0.3) is 0 Å². The Morgan fingerprint density at radius 3 is 2.63 bits per heavy atom. The number of methoxy groups -OCH3 is 1. The number of hydrogen-bond donors (Lipinski definition) is 3. The Labute approximate surface area is 116 Å². The number of carboxylic acid groups (broad SMARTS) is 1.